The predicted octanol–water partition coefficient (Wildman–Crippen LogP) is 1.01. The fourth-order valence-electron chi connectivity index (χ4n) is 2.45. The lowest BCUT2D eigenvalue weighted by Gasteiger charge is -2.28. The number of aliphatic carboxylic acids is 1. The Balaban J connectivity index is 2.58. The molecule has 1 saturated heterocycles. The summed E-state index contributed by atoms with van der Waals surface area (Å²) in [5.41, 5.74) is -1.07. The maximum absolute atomic E-state index is 12.0. The smallest absolute Gasteiger partial charge is 0.405 e. The van der Waals surface area contributed by atoms with Gasteiger partial charge in [0.1, 0.15) is 13.0 Å². The van der Waals surface area contributed by atoms with Crippen LogP contribution in [0.15, 0.2) is 0 Å². The van der Waals surface area contributed by atoms with Crippen molar-refractivity contribution >= 4 is 17.8 Å². The van der Waals surface area contributed by atoms with Crippen molar-refractivity contribution in [1.29, 1.82) is 0 Å². The van der Waals surface area contributed by atoms with Crippen LogP contribution in [0.1, 0.15) is 26.7 Å². The van der Waals surface area contributed by atoms with Gasteiger partial charge in [-0.05, 0) is 12.3 Å². The number of alkyl halides is 3. The first-order valence-electron chi connectivity index (χ1n) is 6.82. The van der Waals surface area contributed by atoms with Gasteiger partial charge in [0.05, 0.1) is 5.41 Å². The average molecular weight is 324 g/mol. The third-order valence-electron chi connectivity index (χ3n) is 3.98. The van der Waals surface area contributed by atoms with E-state index in [1.165, 1.54) is 4.90 Å². The quantitative estimate of drug-likeness (QED) is 0.739. The molecule has 126 valence electrons. The summed E-state index contributed by atoms with van der Waals surface area (Å²) >= 11 is 0. The Bertz CT molecular complexity index is 465. The fourth-order valence-corrected chi connectivity index (χ4v) is 2.45. The van der Waals surface area contributed by atoms with Crippen LogP contribution >= 0.6 is 0 Å². The minimum Gasteiger partial charge on any atom is -0.481 e. The van der Waals surface area contributed by atoms with Gasteiger partial charge < -0.3 is 15.3 Å². The van der Waals surface area contributed by atoms with Crippen molar-refractivity contribution in [3.8, 4) is 0 Å². The predicted molar refractivity (Wildman–Crippen MR) is 69.8 cm³/mol. The molecule has 0 aliphatic carbocycles. The van der Waals surface area contributed by atoms with Crippen LogP contribution < -0.4 is 5.32 Å². The lowest BCUT2D eigenvalue weighted by Crippen LogP contribution is -2.42. The van der Waals surface area contributed by atoms with Crippen LogP contribution in [0.3, 0.4) is 0 Å². The first-order chi connectivity index (χ1) is 9.98. The van der Waals surface area contributed by atoms with Crippen molar-refractivity contribution in [2.24, 2.45) is 11.3 Å². The highest BCUT2D eigenvalue weighted by atomic mass is 19.4. The summed E-state index contributed by atoms with van der Waals surface area (Å²) in [6.45, 7) is 2.11. The SMILES string of the molecule is CC(C)C1(C(=O)O)CCN(C(=O)CC(=O)NCC(F)(F)F)C1. The molecule has 0 spiro atoms. The molecule has 2 N–H and O–H groups in total. The molecule has 2 amide bonds. The van der Waals surface area contributed by atoms with Crippen LogP contribution in [0, 0.1) is 11.3 Å². The van der Waals surface area contributed by atoms with Gasteiger partial charge in [-0.1, -0.05) is 13.8 Å². The number of carboxylic acid groups (broad SMARTS) is 1. The number of hydrogen-bond donors (Lipinski definition) is 2. The Labute approximate surface area is 125 Å². The van der Waals surface area contributed by atoms with E-state index in [0.29, 0.717) is 0 Å². The molecule has 0 aromatic rings. The zero-order chi connectivity index (χ0) is 17.1. The van der Waals surface area contributed by atoms with Gasteiger partial charge in [-0.15, -0.1) is 0 Å². The molecule has 0 saturated carbocycles. The lowest BCUT2D eigenvalue weighted by molar-refractivity contribution is -0.151. The van der Waals surface area contributed by atoms with Gasteiger partial charge in [0.2, 0.25) is 11.8 Å². The third-order valence-corrected chi connectivity index (χ3v) is 3.98. The van der Waals surface area contributed by atoms with Crippen molar-refractivity contribution in [3.63, 3.8) is 0 Å². The second-order valence-corrected chi connectivity index (χ2v) is 5.75. The number of carboxylic acids is 1. The van der Waals surface area contributed by atoms with Crippen LogP contribution in [0.5, 0.6) is 0 Å². The summed E-state index contributed by atoms with van der Waals surface area (Å²) in [7, 11) is 0. The second-order valence-electron chi connectivity index (χ2n) is 5.75. The van der Waals surface area contributed by atoms with Gasteiger partial charge in [0.25, 0.3) is 0 Å². The number of nitrogens with one attached hydrogen (secondary N) is 1. The van der Waals surface area contributed by atoms with Gasteiger partial charge in [0.15, 0.2) is 0 Å². The van der Waals surface area contributed by atoms with E-state index < -0.39 is 42.3 Å². The van der Waals surface area contributed by atoms with Crippen LogP contribution in [-0.4, -0.2) is 53.6 Å². The average Bonchev–Trinajstić information content (AvgIpc) is 2.82. The zero-order valence-corrected chi connectivity index (χ0v) is 12.4. The van der Waals surface area contributed by atoms with Gasteiger partial charge in [0, 0.05) is 13.1 Å². The normalized spacial score (nSPS) is 22.0. The summed E-state index contributed by atoms with van der Waals surface area (Å²) in [6, 6.07) is 0. The molecule has 22 heavy (non-hydrogen) atoms. The summed E-state index contributed by atoms with van der Waals surface area (Å²) < 4.78 is 35.9. The number of rotatable bonds is 5. The van der Waals surface area contributed by atoms with Crippen LogP contribution in [0.4, 0.5) is 13.2 Å². The highest BCUT2D eigenvalue weighted by Gasteiger charge is 2.48. The molecule has 0 radical (unpaired) electrons. The van der Waals surface area contributed by atoms with E-state index >= 15 is 0 Å². The minimum absolute atomic E-state index is 0.0363. The molecule has 0 bridgehead atoms. The highest BCUT2D eigenvalue weighted by molar-refractivity contribution is 5.97. The fraction of sp³-hybridized carbons (Fsp3) is 0.769. The van der Waals surface area contributed by atoms with Gasteiger partial charge in [-0.3, -0.25) is 14.4 Å². The topological polar surface area (TPSA) is 86.7 Å². The summed E-state index contributed by atoms with van der Waals surface area (Å²) in [6.07, 6.45) is -5.00. The molecular formula is C13H19F3N2O4. The molecule has 1 heterocycles. The van der Waals surface area contributed by atoms with Gasteiger partial charge in [-0.25, -0.2) is 0 Å². The molecule has 1 fully saturated rings. The Kier molecular flexibility index (Phi) is 5.42. The van der Waals surface area contributed by atoms with Crippen LogP contribution in [-0.2, 0) is 14.4 Å². The van der Waals surface area contributed by atoms with Crippen LogP contribution in [0.25, 0.3) is 0 Å². The molecule has 1 atom stereocenters. The molecule has 1 aliphatic heterocycles. The molecule has 1 aliphatic rings. The monoisotopic (exact) mass is 324 g/mol. The van der Waals surface area contributed by atoms with Crippen LogP contribution in [0.2, 0.25) is 0 Å². The minimum atomic E-state index is -4.54. The molecule has 0 aromatic carbocycles. The van der Waals surface area contributed by atoms with Crippen molar-refractivity contribution in [2.75, 3.05) is 19.6 Å². The second kappa shape index (κ2) is 6.53. The number of carbonyl (C=O) groups excluding carboxylic acids is 2. The Morgan fingerprint density at radius 2 is 1.91 bits per heavy atom. The standard InChI is InChI=1S/C13H19F3N2O4/c1-8(2)12(11(21)22)3-4-18(7-12)10(20)5-9(19)17-6-13(14,15)16/h8H,3-7H2,1-2H3,(H,17,19)(H,21,22). The van der Waals surface area contributed by atoms with E-state index in [1.54, 1.807) is 19.2 Å². The van der Waals surface area contributed by atoms with E-state index in [2.05, 4.69) is 0 Å². The number of halogens is 3. The molecule has 1 unspecified atom stereocenters. The third kappa shape index (κ3) is 4.35. The summed E-state index contributed by atoms with van der Waals surface area (Å²) in [4.78, 5) is 35.9. The maximum atomic E-state index is 12.0. The number of carbonyl (C=O) groups is 3. The van der Waals surface area contributed by atoms with E-state index in [1.807, 2.05) is 0 Å². The van der Waals surface area contributed by atoms with E-state index in [4.69, 9.17) is 0 Å². The van der Waals surface area contributed by atoms with E-state index in [0.717, 1.165) is 0 Å². The molecular weight excluding hydrogens is 305 g/mol. The van der Waals surface area contributed by atoms with E-state index in [-0.39, 0.29) is 25.4 Å². The maximum Gasteiger partial charge on any atom is 0.405 e. The van der Waals surface area contributed by atoms with Crippen molar-refractivity contribution in [3.05, 3.63) is 0 Å². The zero-order valence-electron chi connectivity index (χ0n) is 12.4. The first-order valence-corrected chi connectivity index (χ1v) is 6.82. The number of amides is 2. The number of hydrogen-bond acceptors (Lipinski definition) is 3. The van der Waals surface area contributed by atoms with Gasteiger partial charge >= 0.3 is 12.1 Å². The van der Waals surface area contributed by atoms with Gasteiger partial charge in [-0.2, -0.15) is 13.2 Å². The molecule has 6 nitrogen and oxygen atoms in total. The molecule has 0 aromatic heterocycles. The largest absolute Gasteiger partial charge is 0.481 e. The molecule has 1 rings (SSSR count). The Morgan fingerprint density at radius 3 is 2.32 bits per heavy atom. The first kappa shape index (κ1) is 18.2. The summed E-state index contributed by atoms with van der Waals surface area (Å²) in [5.74, 6) is -2.91. The van der Waals surface area contributed by atoms with Crippen molar-refractivity contribution in [1.82, 2.24) is 10.2 Å². The lowest BCUT2D eigenvalue weighted by atomic mass is 9.76. The Hall–Kier alpha value is -1.80. The Morgan fingerprint density at radius 1 is 1.32 bits per heavy atom. The summed E-state index contributed by atoms with van der Waals surface area (Å²) in [5, 5.41) is 11.0. The van der Waals surface area contributed by atoms with Crippen molar-refractivity contribution < 1.29 is 32.7 Å². The van der Waals surface area contributed by atoms with Crippen molar-refractivity contribution in [2.45, 2.75) is 32.9 Å². The number of likely N-dealkylation sites (tertiary alicyclic amines) is 1. The highest BCUT2D eigenvalue weighted by Crippen LogP contribution is 2.38. The van der Waals surface area contributed by atoms with E-state index in [9.17, 15) is 32.7 Å². The molecule has 9 heteroatoms. The number of nitrogens with zero attached hydrogens (tertiary/aromatic N) is 1.